The first-order chi connectivity index (χ1) is 11.7. The zero-order chi connectivity index (χ0) is 16.9. The number of hydrogen-bond acceptors (Lipinski definition) is 3. The lowest BCUT2D eigenvalue weighted by Gasteiger charge is -2.11. The molecule has 5 nitrogen and oxygen atoms in total. The lowest BCUT2D eigenvalue weighted by Crippen LogP contribution is -2.30. The van der Waals surface area contributed by atoms with Gasteiger partial charge in [0, 0.05) is 0 Å². The minimum Gasteiger partial charge on any atom is -0.494 e. The molecule has 2 aromatic rings. The number of benzene rings is 2. The van der Waals surface area contributed by atoms with E-state index in [0.717, 1.165) is 16.9 Å². The number of rotatable bonds is 5. The summed E-state index contributed by atoms with van der Waals surface area (Å²) in [6.45, 7) is 2.78. The highest BCUT2D eigenvalue weighted by molar-refractivity contribution is 6.13. The molecular formula is C19H18N2O3. The van der Waals surface area contributed by atoms with E-state index < -0.39 is 6.03 Å². The summed E-state index contributed by atoms with van der Waals surface area (Å²) in [5, 5.41) is 2.63. The fraction of sp³-hybridized carbons (Fsp3) is 0.158. The number of nitrogens with zero attached hydrogens (tertiary/aromatic N) is 1. The van der Waals surface area contributed by atoms with Gasteiger partial charge >= 0.3 is 6.03 Å². The molecule has 0 unspecified atom stereocenters. The fourth-order valence-electron chi connectivity index (χ4n) is 2.47. The third kappa shape index (κ3) is 3.46. The minimum atomic E-state index is -0.402. The highest BCUT2D eigenvalue weighted by Gasteiger charge is 2.33. The molecule has 0 aliphatic carbocycles. The Bertz CT molecular complexity index is 767. The van der Waals surface area contributed by atoms with E-state index in [1.54, 1.807) is 6.08 Å². The monoisotopic (exact) mass is 322 g/mol. The maximum atomic E-state index is 12.4. The second kappa shape index (κ2) is 7.00. The lowest BCUT2D eigenvalue weighted by molar-refractivity contribution is -0.123. The fourth-order valence-corrected chi connectivity index (χ4v) is 2.47. The summed E-state index contributed by atoms with van der Waals surface area (Å²) in [6, 6.07) is 16.4. The van der Waals surface area contributed by atoms with Gasteiger partial charge in [-0.2, -0.15) is 0 Å². The molecule has 3 rings (SSSR count). The van der Waals surface area contributed by atoms with Crippen molar-refractivity contribution in [3.63, 3.8) is 0 Å². The predicted octanol–water partition coefficient (Wildman–Crippen LogP) is 3.18. The van der Waals surface area contributed by atoms with E-state index in [1.807, 2.05) is 61.5 Å². The van der Waals surface area contributed by atoms with Crippen molar-refractivity contribution in [1.29, 1.82) is 0 Å². The molecule has 24 heavy (non-hydrogen) atoms. The van der Waals surface area contributed by atoms with Crippen LogP contribution in [0.5, 0.6) is 5.75 Å². The highest BCUT2D eigenvalue weighted by atomic mass is 16.5. The normalized spacial score (nSPS) is 15.7. The van der Waals surface area contributed by atoms with Crippen molar-refractivity contribution in [2.75, 3.05) is 6.61 Å². The Kier molecular flexibility index (Phi) is 4.61. The Labute approximate surface area is 140 Å². The summed E-state index contributed by atoms with van der Waals surface area (Å²) in [5.74, 6) is 0.449. The van der Waals surface area contributed by atoms with E-state index in [-0.39, 0.29) is 18.1 Å². The lowest BCUT2D eigenvalue weighted by atomic mass is 10.1. The Morgan fingerprint density at radius 3 is 2.42 bits per heavy atom. The molecule has 0 aromatic heterocycles. The van der Waals surface area contributed by atoms with Crippen molar-refractivity contribution in [3.05, 3.63) is 71.4 Å². The Morgan fingerprint density at radius 1 is 1.04 bits per heavy atom. The zero-order valence-electron chi connectivity index (χ0n) is 13.4. The number of amides is 3. The van der Waals surface area contributed by atoms with Gasteiger partial charge in [-0.3, -0.25) is 9.69 Å². The number of ether oxygens (including phenoxy) is 1. The van der Waals surface area contributed by atoms with Crippen molar-refractivity contribution in [2.45, 2.75) is 13.5 Å². The van der Waals surface area contributed by atoms with Crippen molar-refractivity contribution < 1.29 is 14.3 Å². The standard InChI is InChI=1S/C19H18N2O3/c1-2-24-16-10-8-14(9-11-16)12-17-18(22)21(19(23)20-17)13-15-6-4-3-5-7-15/h3-12H,2,13H2,1H3,(H,20,23)/b17-12+. The summed E-state index contributed by atoms with van der Waals surface area (Å²) in [5.41, 5.74) is 2.01. The van der Waals surface area contributed by atoms with E-state index in [1.165, 1.54) is 4.90 Å². The zero-order valence-corrected chi connectivity index (χ0v) is 13.4. The van der Waals surface area contributed by atoms with Crippen LogP contribution in [0.1, 0.15) is 18.1 Å². The highest BCUT2D eigenvalue weighted by Crippen LogP contribution is 2.18. The molecule has 0 spiro atoms. The van der Waals surface area contributed by atoms with Crippen LogP contribution in [0.2, 0.25) is 0 Å². The van der Waals surface area contributed by atoms with E-state index in [0.29, 0.717) is 6.61 Å². The Balaban J connectivity index is 1.75. The van der Waals surface area contributed by atoms with E-state index >= 15 is 0 Å². The molecule has 0 bridgehead atoms. The first kappa shape index (κ1) is 15.8. The SMILES string of the molecule is CCOc1ccc(/C=C2/NC(=O)N(Cc3ccccc3)C2=O)cc1. The summed E-state index contributed by atoms with van der Waals surface area (Å²) in [7, 11) is 0. The number of hydrogen-bond donors (Lipinski definition) is 1. The van der Waals surface area contributed by atoms with Gasteiger partial charge in [0.15, 0.2) is 0 Å². The number of carbonyl (C=O) groups excluding carboxylic acids is 2. The molecule has 1 heterocycles. The molecule has 1 aliphatic heterocycles. The Morgan fingerprint density at radius 2 is 1.75 bits per heavy atom. The van der Waals surface area contributed by atoms with Crippen LogP contribution in [-0.2, 0) is 11.3 Å². The molecule has 3 amide bonds. The molecule has 1 N–H and O–H groups in total. The van der Waals surface area contributed by atoms with E-state index in [2.05, 4.69) is 5.32 Å². The van der Waals surface area contributed by atoms with Gasteiger partial charge in [-0.1, -0.05) is 42.5 Å². The number of nitrogens with one attached hydrogen (secondary N) is 1. The van der Waals surface area contributed by atoms with Gasteiger partial charge in [-0.25, -0.2) is 4.79 Å². The van der Waals surface area contributed by atoms with Gasteiger partial charge in [-0.05, 0) is 36.3 Å². The van der Waals surface area contributed by atoms with Crippen LogP contribution in [0, 0.1) is 0 Å². The van der Waals surface area contributed by atoms with E-state index in [9.17, 15) is 9.59 Å². The van der Waals surface area contributed by atoms with Crippen LogP contribution in [0.3, 0.4) is 0 Å². The second-order valence-corrected chi connectivity index (χ2v) is 5.37. The molecule has 2 aromatic carbocycles. The molecule has 0 radical (unpaired) electrons. The summed E-state index contributed by atoms with van der Waals surface area (Å²) in [4.78, 5) is 25.7. The molecule has 1 saturated heterocycles. The second-order valence-electron chi connectivity index (χ2n) is 5.37. The summed E-state index contributed by atoms with van der Waals surface area (Å²) in [6.07, 6.45) is 1.67. The third-order valence-corrected chi connectivity index (χ3v) is 3.65. The third-order valence-electron chi connectivity index (χ3n) is 3.65. The average molecular weight is 322 g/mol. The van der Waals surface area contributed by atoms with Crippen LogP contribution in [0.4, 0.5) is 4.79 Å². The first-order valence-corrected chi connectivity index (χ1v) is 7.78. The van der Waals surface area contributed by atoms with Gasteiger partial charge in [0.1, 0.15) is 11.4 Å². The number of carbonyl (C=O) groups is 2. The van der Waals surface area contributed by atoms with Crippen LogP contribution in [0.25, 0.3) is 6.08 Å². The topological polar surface area (TPSA) is 58.6 Å². The largest absolute Gasteiger partial charge is 0.494 e. The van der Waals surface area contributed by atoms with Gasteiger partial charge in [0.25, 0.3) is 5.91 Å². The molecule has 0 saturated carbocycles. The van der Waals surface area contributed by atoms with Crippen LogP contribution in [-0.4, -0.2) is 23.4 Å². The smallest absolute Gasteiger partial charge is 0.329 e. The summed E-state index contributed by atoms with van der Waals surface area (Å²) >= 11 is 0. The van der Waals surface area contributed by atoms with Crippen molar-refractivity contribution in [2.24, 2.45) is 0 Å². The quantitative estimate of drug-likeness (QED) is 0.679. The van der Waals surface area contributed by atoms with Gasteiger partial charge < -0.3 is 10.1 Å². The number of urea groups is 1. The average Bonchev–Trinajstić information content (AvgIpc) is 2.85. The van der Waals surface area contributed by atoms with Gasteiger partial charge in [0.05, 0.1) is 13.2 Å². The molecule has 1 aliphatic rings. The van der Waals surface area contributed by atoms with Crippen molar-refractivity contribution in [1.82, 2.24) is 10.2 Å². The van der Waals surface area contributed by atoms with Gasteiger partial charge in [0.2, 0.25) is 0 Å². The summed E-state index contributed by atoms with van der Waals surface area (Å²) < 4.78 is 5.39. The maximum Gasteiger partial charge on any atom is 0.329 e. The molecule has 1 fully saturated rings. The maximum absolute atomic E-state index is 12.4. The Hall–Kier alpha value is -3.08. The van der Waals surface area contributed by atoms with E-state index in [4.69, 9.17) is 4.74 Å². The number of imide groups is 1. The molecule has 0 atom stereocenters. The minimum absolute atomic E-state index is 0.256. The molecular weight excluding hydrogens is 304 g/mol. The predicted molar refractivity (Wildman–Crippen MR) is 91.1 cm³/mol. The van der Waals surface area contributed by atoms with Crippen molar-refractivity contribution >= 4 is 18.0 Å². The van der Waals surface area contributed by atoms with Gasteiger partial charge in [-0.15, -0.1) is 0 Å². The first-order valence-electron chi connectivity index (χ1n) is 7.78. The van der Waals surface area contributed by atoms with Crippen molar-refractivity contribution in [3.8, 4) is 5.75 Å². The van der Waals surface area contributed by atoms with Crippen LogP contribution < -0.4 is 10.1 Å². The molecule has 5 heteroatoms. The molecule has 122 valence electrons. The van der Waals surface area contributed by atoms with Crippen LogP contribution >= 0.6 is 0 Å². The van der Waals surface area contributed by atoms with Crippen LogP contribution in [0.15, 0.2) is 60.3 Å².